The first kappa shape index (κ1) is 31.1. The molecule has 44 heavy (non-hydrogen) atoms. The van der Waals surface area contributed by atoms with Gasteiger partial charge in [0.05, 0.1) is 70.4 Å². The first-order valence-corrected chi connectivity index (χ1v) is 14.8. The van der Waals surface area contributed by atoms with Crippen LogP contribution < -0.4 is 15.6 Å². The number of amides is 2. The van der Waals surface area contributed by atoms with E-state index in [2.05, 4.69) is 16.7 Å². The molecule has 2 aliphatic rings. The fourth-order valence-corrected chi connectivity index (χ4v) is 5.36. The van der Waals surface area contributed by atoms with Crippen LogP contribution in [0.5, 0.6) is 0 Å². The summed E-state index contributed by atoms with van der Waals surface area (Å²) in [4.78, 5) is 29.5. The van der Waals surface area contributed by atoms with Gasteiger partial charge in [0, 0.05) is 53.9 Å². The van der Waals surface area contributed by atoms with E-state index in [4.69, 9.17) is 24.7 Å². The summed E-state index contributed by atoms with van der Waals surface area (Å²) in [6, 6.07) is 16.9. The maximum Gasteiger partial charge on any atom is 0.261 e. The van der Waals surface area contributed by atoms with Crippen LogP contribution in [0.4, 0.5) is 11.4 Å². The smallest absolute Gasteiger partial charge is 0.261 e. The molecule has 3 aromatic rings. The Hall–Kier alpha value is -4.29. The second-order valence-corrected chi connectivity index (χ2v) is 10.3. The van der Waals surface area contributed by atoms with Gasteiger partial charge in [0.1, 0.15) is 0 Å². The summed E-state index contributed by atoms with van der Waals surface area (Å²) in [5, 5.41) is 7.09. The van der Waals surface area contributed by atoms with Crippen LogP contribution in [0.25, 0.3) is 16.5 Å². The van der Waals surface area contributed by atoms with Crippen molar-refractivity contribution in [3.05, 3.63) is 77.5 Å². The molecule has 5 rings (SSSR count). The van der Waals surface area contributed by atoms with E-state index >= 15 is 0 Å². The van der Waals surface area contributed by atoms with E-state index in [0.29, 0.717) is 106 Å². The molecule has 3 aromatic carbocycles. The third kappa shape index (κ3) is 6.92. The van der Waals surface area contributed by atoms with Crippen molar-refractivity contribution in [1.29, 1.82) is 0 Å². The highest BCUT2D eigenvalue weighted by Gasteiger charge is 2.32. The number of carbonyl (C=O) groups excluding carboxylic acids is 2. The van der Waals surface area contributed by atoms with E-state index in [1.807, 2.05) is 30.3 Å². The van der Waals surface area contributed by atoms with Gasteiger partial charge in [-0.25, -0.2) is 5.01 Å². The van der Waals surface area contributed by atoms with Gasteiger partial charge in [-0.05, 0) is 42.8 Å². The van der Waals surface area contributed by atoms with Crippen LogP contribution in [0.2, 0.25) is 0 Å². The lowest BCUT2D eigenvalue weighted by atomic mass is 9.93. The SMILES string of the molecule is C=NN(/C=C(\N)c1ccc(N2CCOCCOCCOCCOCC2)cc1)c1ccc2c3c(cccc13)C(=O)N(CC)C2=O. The van der Waals surface area contributed by atoms with E-state index in [0.717, 1.165) is 11.3 Å². The normalized spacial score (nSPS) is 17.7. The van der Waals surface area contributed by atoms with Crippen LogP contribution in [0.3, 0.4) is 0 Å². The van der Waals surface area contributed by atoms with Crippen LogP contribution in [-0.4, -0.2) is 95.9 Å². The van der Waals surface area contributed by atoms with Gasteiger partial charge in [-0.3, -0.25) is 14.5 Å². The van der Waals surface area contributed by atoms with Crippen molar-refractivity contribution in [3.8, 4) is 0 Å². The van der Waals surface area contributed by atoms with E-state index in [-0.39, 0.29) is 11.8 Å². The van der Waals surface area contributed by atoms with Gasteiger partial charge >= 0.3 is 0 Å². The minimum atomic E-state index is -0.305. The van der Waals surface area contributed by atoms with Gasteiger partial charge in [0.15, 0.2) is 0 Å². The van der Waals surface area contributed by atoms with Crippen molar-refractivity contribution in [2.45, 2.75) is 6.92 Å². The largest absolute Gasteiger partial charge is 0.397 e. The Morgan fingerprint density at radius 3 is 1.98 bits per heavy atom. The summed E-state index contributed by atoms with van der Waals surface area (Å²) in [6.07, 6.45) is 1.69. The molecule has 0 atom stereocenters. The summed E-state index contributed by atoms with van der Waals surface area (Å²) in [5.74, 6) is -0.610. The van der Waals surface area contributed by atoms with Crippen molar-refractivity contribution in [3.63, 3.8) is 0 Å². The molecule has 11 nitrogen and oxygen atoms in total. The van der Waals surface area contributed by atoms with Crippen LogP contribution in [-0.2, 0) is 18.9 Å². The molecular formula is C33H39N5O6. The Morgan fingerprint density at radius 1 is 0.841 bits per heavy atom. The predicted octanol–water partition coefficient (Wildman–Crippen LogP) is 3.72. The number of benzene rings is 3. The Balaban J connectivity index is 1.35. The number of carbonyl (C=O) groups is 2. The zero-order chi connectivity index (χ0) is 30.9. The number of hydrogen-bond acceptors (Lipinski definition) is 10. The average molecular weight is 602 g/mol. The molecular weight excluding hydrogens is 562 g/mol. The van der Waals surface area contributed by atoms with Crippen molar-refractivity contribution in [2.75, 3.05) is 82.4 Å². The fourth-order valence-electron chi connectivity index (χ4n) is 5.36. The summed E-state index contributed by atoms with van der Waals surface area (Å²) >= 11 is 0. The second-order valence-electron chi connectivity index (χ2n) is 10.3. The van der Waals surface area contributed by atoms with E-state index in [9.17, 15) is 9.59 Å². The molecule has 2 N–H and O–H groups in total. The van der Waals surface area contributed by atoms with E-state index in [1.54, 1.807) is 42.4 Å². The zero-order valence-electron chi connectivity index (χ0n) is 25.1. The first-order chi connectivity index (χ1) is 21.5. The van der Waals surface area contributed by atoms with E-state index in [1.165, 1.54) is 4.90 Å². The number of rotatable bonds is 6. The minimum Gasteiger partial charge on any atom is -0.397 e. The highest BCUT2D eigenvalue weighted by molar-refractivity contribution is 6.26. The number of nitrogens with zero attached hydrogens (tertiary/aromatic N) is 4. The molecule has 0 spiro atoms. The monoisotopic (exact) mass is 601 g/mol. The maximum atomic E-state index is 13.0. The van der Waals surface area contributed by atoms with E-state index < -0.39 is 0 Å². The molecule has 0 saturated carbocycles. The molecule has 2 aliphatic heterocycles. The quantitative estimate of drug-likeness (QED) is 0.256. The Bertz CT molecular complexity index is 1470. The van der Waals surface area contributed by atoms with Crippen LogP contribution in [0, 0.1) is 0 Å². The molecule has 11 heteroatoms. The zero-order valence-corrected chi connectivity index (χ0v) is 25.1. The Labute approximate surface area is 257 Å². The Morgan fingerprint density at radius 2 is 1.41 bits per heavy atom. The third-order valence-corrected chi connectivity index (χ3v) is 7.64. The number of anilines is 2. The molecule has 1 fully saturated rings. The number of imide groups is 1. The number of nitrogens with two attached hydrogens (primary N) is 1. The molecule has 2 amide bonds. The summed E-state index contributed by atoms with van der Waals surface area (Å²) < 4.78 is 22.5. The number of ether oxygens (including phenoxy) is 4. The van der Waals surface area contributed by atoms with Crippen LogP contribution in [0.1, 0.15) is 33.2 Å². The van der Waals surface area contributed by atoms with Crippen LogP contribution in [0.15, 0.2) is 65.9 Å². The summed E-state index contributed by atoms with van der Waals surface area (Å²) in [6.45, 7) is 11.6. The van der Waals surface area contributed by atoms with Gasteiger partial charge in [0.2, 0.25) is 0 Å². The van der Waals surface area contributed by atoms with Crippen molar-refractivity contribution >= 4 is 46.4 Å². The predicted molar refractivity (Wildman–Crippen MR) is 171 cm³/mol. The minimum absolute atomic E-state index is 0.303. The summed E-state index contributed by atoms with van der Waals surface area (Å²) in [7, 11) is 0. The van der Waals surface area contributed by atoms with Gasteiger partial charge in [-0.15, -0.1) is 0 Å². The lowest BCUT2D eigenvalue weighted by molar-refractivity contribution is 0.00206. The van der Waals surface area contributed by atoms with Crippen molar-refractivity contribution < 1.29 is 28.5 Å². The van der Waals surface area contributed by atoms with Gasteiger partial charge in [0.25, 0.3) is 11.8 Å². The summed E-state index contributed by atoms with van der Waals surface area (Å²) in [5.41, 5.74) is 10.5. The van der Waals surface area contributed by atoms with Crippen molar-refractivity contribution in [2.24, 2.45) is 10.8 Å². The molecule has 0 aliphatic carbocycles. The molecule has 0 aromatic heterocycles. The molecule has 0 bridgehead atoms. The molecule has 0 radical (unpaired) electrons. The van der Waals surface area contributed by atoms with Crippen molar-refractivity contribution in [1.82, 2.24) is 4.90 Å². The highest BCUT2D eigenvalue weighted by Crippen LogP contribution is 2.36. The number of hydrogen-bond donors (Lipinski definition) is 1. The molecule has 2 heterocycles. The Kier molecular flexibility index (Phi) is 10.6. The van der Waals surface area contributed by atoms with Gasteiger partial charge < -0.3 is 29.6 Å². The lowest BCUT2D eigenvalue weighted by Gasteiger charge is -2.27. The molecule has 232 valence electrons. The van der Waals surface area contributed by atoms with Gasteiger partial charge in [-0.2, -0.15) is 5.10 Å². The molecule has 0 unspecified atom stereocenters. The topological polar surface area (TPSA) is 119 Å². The van der Waals surface area contributed by atoms with Gasteiger partial charge in [-0.1, -0.05) is 24.3 Å². The first-order valence-electron chi connectivity index (χ1n) is 14.8. The highest BCUT2D eigenvalue weighted by atomic mass is 16.6. The standard InChI is InChI=1S/C33H39N5O6/c1-3-37-32(39)27-6-4-5-26-30(12-11-28(31(26)27)33(37)40)38(35-2)23-29(34)24-7-9-25(10-8-24)36-13-15-41-17-19-43-21-22-44-20-18-42-16-14-36/h4-12,23H,2-3,13-22,34H2,1H3/b29-23-. The second kappa shape index (κ2) is 14.9. The van der Waals surface area contributed by atoms with Crippen LogP contribution >= 0.6 is 0 Å². The number of hydrazone groups is 1. The third-order valence-electron chi connectivity index (χ3n) is 7.64. The molecule has 1 saturated heterocycles. The lowest BCUT2D eigenvalue weighted by Crippen LogP contribution is -2.40. The fraction of sp³-hybridized carbons (Fsp3) is 0.364. The maximum absolute atomic E-state index is 13.0. The average Bonchev–Trinajstić information content (AvgIpc) is 3.06.